The lowest BCUT2D eigenvalue weighted by Gasteiger charge is -2.18. The van der Waals surface area contributed by atoms with Gasteiger partial charge in [0, 0.05) is 51.7 Å². The van der Waals surface area contributed by atoms with E-state index >= 15 is 0 Å². The lowest BCUT2D eigenvalue weighted by molar-refractivity contribution is 0.128. The first-order valence-corrected chi connectivity index (χ1v) is 8.20. The van der Waals surface area contributed by atoms with Crippen LogP contribution in [0.2, 0.25) is 0 Å². The Labute approximate surface area is 156 Å². The fourth-order valence-corrected chi connectivity index (χ4v) is 2.47. The largest absolute Gasteiger partial charge is 0.382 e. The molecular weight excluding hydrogens is 403 g/mol. The van der Waals surface area contributed by atoms with E-state index in [0.29, 0.717) is 5.41 Å². The van der Waals surface area contributed by atoms with Crippen molar-refractivity contribution in [3.63, 3.8) is 0 Å². The molecule has 1 aliphatic carbocycles. The Bertz CT molecular complexity index is 463. The van der Waals surface area contributed by atoms with Crippen molar-refractivity contribution in [3.05, 3.63) is 30.1 Å². The molecule has 1 heterocycles. The number of hydrogen-bond acceptors (Lipinski definition) is 3. The van der Waals surface area contributed by atoms with Crippen LogP contribution in [0.5, 0.6) is 0 Å². The van der Waals surface area contributed by atoms with Crippen molar-refractivity contribution < 1.29 is 4.74 Å². The topological polar surface area (TPSA) is 58.5 Å². The Balaban J connectivity index is 0.00000264. The van der Waals surface area contributed by atoms with E-state index in [0.717, 1.165) is 50.8 Å². The zero-order valence-corrected chi connectivity index (χ0v) is 16.5. The zero-order chi connectivity index (χ0) is 15.7. The van der Waals surface area contributed by atoms with Crippen molar-refractivity contribution in [2.75, 3.05) is 33.4 Å². The van der Waals surface area contributed by atoms with Gasteiger partial charge in [0.2, 0.25) is 0 Å². The van der Waals surface area contributed by atoms with Crippen molar-refractivity contribution in [1.29, 1.82) is 0 Å². The quantitative estimate of drug-likeness (QED) is 0.273. The number of nitrogens with zero attached hydrogens (tertiary/aromatic N) is 2. The minimum Gasteiger partial charge on any atom is -0.382 e. The van der Waals surface area contributed by atoms with Gasteiger partial charge in [0.15, 0.2) is 5.96 Å². The molecule has 2 N–H and O–H groups in total. The van der Waals surface area contributed by atoms with Gasteiger partial charge in [-0.25, -0.2) is 0 Å². The summed E-state index contributed by atoms with van der Waals surface area (Å²) in [5, 5.41) is 6.80. The number of pyridine rings is 1. The monoisotopic (exact) mass is 432 g/mol. The summed E-state index contributed by atoms with van der Waals surface area (Å²) in [6, 6.07) is 6.00. The van der Waals surface area contributed by atoms with Gasteiger partial charge in [0.05, 0.1) is 0 Å². The molecule has 0 aliphatic heterocycles. The van der Waals surface area contributed by atoms with Crippen LogP contribution in [0.4, 0.5) is 0 Å². The Morgan fingerprint density at radius 2 is 2.17 bits per heavy atom. The van der Waals surface area contributed by atoms with Crippen molar-refractivity contribution in [1.82, 2.24) is 15.6 Å². The third-order valence-electron chi connectivity index (χ3n) is 4.19. The molecule has 2 rings (SSSR count). The molecule has 0 unspecified atom stereocenters. The first-order valence-electron chi connectivity index (χ1n) is 8.20. The van der Waals surface area contributed by atoms with Crippen LogP contribution in [0.15, 0.2) is 29.4 Å². The van der Waals surface area contributed by atoms with Crippen molar-refractivity contribution >= 4 is 29.9 Å². The lowest BCUT2D eigenvalue weighted by Crippen LogP contribution is -2.41. The van der Waals surface area contributed by atoms with Crippen LogP contribution in [0.1, 0.15) is 31.9 Å². The first kappa shape index (κ1) is 20.2. The highest BCUT2D eigenvalue weighted by atomic mass is 127. The van der Waals surface area contributed by atoms with Gasteiger partial charge >= 0.3 is 0 Å². The number of nitrogens with one attached hydrogen (secondary N) is 2. The molecule has 1 saturated carbocycles. The highest BCUT2D eigenvalue weighted by Crippen LogP contribution is 2.48. The molecule has 6 heteroatoms. The SMILES string of the molecule is CCOCCC1(CNC(=NC)NCCc2ccccn2)CC1.I. The average molecular weight is 432 g/mol. The van der Waals surface area contributed by atoms with Gasteiger partial charge in [0.1, 0.15) is 0 Å². The van der Waals surface area contributed by atoms with E-state index in [1.54, 1.807) is 0 Å². The predicted octanol–water partition coefficient (Wildman–Crippen LogP) is 2.61. The van der Waals surface area contributed by atoms with E-state index in [1.165, 1.54) is 12.8 Å². The molecule has 0 amide bonds. The van der Waals surface area contributed by atoms with E-state index in [-0.39, 0.29) is 24.0 Å². The van der Waals surface area contributed by atoms with Crippen LogP contribution < -0.4 is 10.6 Å². The van der Waals surface area contributed by atoms with Gasteiger partial charge in [0.25, 0.3) is 0 Å². The van der Waals surface area contributed by atoms with Crippen LogP contribution in [0.25, 0.3) is 0 Å². The van der Waals surface area contributed by atoms with Gasteiger partial charge in [-0.3, -0.25) is 9.98 Å². The maximum atomic E-state index is 5.48. The molecule has 1 aliphatic rings. The second-order valence-electron chi connectivity index (χ2n) is 5.87. The number of hydrogen-bond donors (Lipinski definition) is 2. The van der Waals surface area contributed by atoms with Gasteiger partial charge in [-0.1, -0.05) is 6.07 Å². The molecular formula is C17H29IN4O. The zero-order valence-electron chi connectivity index (χ0n) is 14.2. The van der Waals surface area contributed by atoms with Gasteiger partial charge in [-0.2, -0.15) is 0 Å². The molecule has 130 valence electrons. The Kier molecular flexibility index (Phi) is 9.47. The molecule has 0 saturated heterocycles. The van der Waals surface area contributed by atoms with E-state index < -0.39 is 0 Å². The van der Waals surface area contributed by atoms with Crippen molar-refractivity contribution in [2.45, 2.75) is 32.6 Å². The molecule has 1 fully saturated rings. The summed E-state index contributed by atoms with van der Waals surface area (Å²) >= 11 is 0. The molecule has 1 aromatic rings. The highest BCUT2D eigenvalue weighted by molar-refractivity contribution is 14.0. The number of rotatable bonds is 9. The predicted molar refractivity (Wildman–Crippen MR) is 105 cm³/mol. The number of guanidine groups is 1. The minimum atomic E-state index is 0. The molecule has 0 atom stereocenters. The molecule has 0 bridgehead atoms. The lowest BCUT2D eigenvalue weighted by atomic mass is 10.0. The van der Waals surface area contributed by atoms with Crippen molar-refractivity contribution in [3.8, 4) is 0 Å². The molecule has 0 spiro atoms. The summed E-state index contributed by atoms with van der Waals surface area (Å²) < 4.78 is 5.48. The Morgan fingerprint density at radius 3 is 2.78 bits per heavy atom. The third-order valence-corrected chi connectivity index (χ3v) is 4.19. The second-order valence-corrected chi connectivity index (χ2v) is 5.87. The summed E-state index contributed by atoms with van der Waals surface area (Å²) in [6.07, 6.45) is 6.45. The second kappa shape index (κ2) is 10.8. The standard InChI is InChI=1S/C17H28N4O.HI/c1-3-22-13-10-17(8-9-17)14-21-16(18-2)20-12-7-15-6-4-5-11-19-15;/h4-6,11H,3,7-10,12-14H2,1-2H3,(H2,18,20,21);1H. The van der Waals surface area contributed by atoms with E-state index in [9.17, 15) is 0 Å². The summed E-state index contributed by atoms with van der Waals surface area (Å²) in [6.45, 7) is 5.53. The van der Waals surface area contributed by atoms with Crippen LogP contribution in [-0.4, -0.2) is 44.3 Å². The smallest absolute Gasteiger partial charge is 0.191 e. The van der Waals surface area contributed by atoms with Gasteiger partial charge in [-0.05, 0) is 43.7 Å². The van der Waals surface area contributed by atoms with Crippen LogP contribution in [-0.2, 0) is 11.2 Å². The fourth-order valence-electron chi connectivity index (χ4n) is 2.47. The number of ether oxygens (including phenoxy) is 1. The maximum Gasteiger partial charge on any atom is 0.191 e. The summed E-state index contributed by atoms with van der Waals surface area (Å²) in [7, 11) is 1.82. The van der Waals surface area contributed by atoms with E-state index in [4.69, 9.17) is 4.74 Å². The first-order chi connectivity index (χ1) is 10.8. The van der Waals surface area contributed by atoms with Crippen molar-refractivity contribution in [2.24, 2.45) is 10.4 Å². The minimum absolute atomic E-state index is 0. The highest BCUT2D eigenvalue weighted by Gasteiger charge is 2.41. The number of aliphatic imine (C=N–C) groups is 1. The van der Waals surface area contributed by atoms with E-state index in [2.05, 4.69) is 20.6 Å². The fraction of sp³-hybridized carbons (Fsp3) is 0.647. The number of halogens is 1. The average Bonchev–Trinajstić information content (AvgIpc) is 3.32. The van der Waals surface area contributed by atoms with Gasteiger partial charge in [-0.15, -0.1) is 24.0 Å². The molecule has 23 heavy (non-hydrogen) atoms. The van der Waals surface area contributed by atoms with Crippen LogP contribution in [0, 0.1) is 5.41 Å². The Morgan fingerprint density at radius 1 is 1.35 bits per heavy atom. The van der Waals surface area contributed by atoms with Crippen LogP contribution >= 0.6 is 24.0 Å². The third kappa shape index (κ3) is 7.48. The van der Waals surface area contributed by atoms with Gasteiger partial charge < -0.3 is 15.4 Å². The number of aromatic nitrogens is 1. The molecule has 5 nitrogen and oxygen atoms in total. The molecule has 0 aromatic carbocycles. The summed E-state index contributed by atoms with van der Waals surface area (Å²) in [5.74, 6) is 0.874. The maximum absolute atomic E-state index is 5.48. The Hall–Kier alpha value is -0.890. The van der Waals surface area contributed by atoms with E-state index in [1.807, 2.05) is 38.4 Å². The summed E-state index contributed by atoms with van der Waals surface area (Å²) in [5.41, 5.74) is 1.52. The molecule has 1 aromatic heterocycles. The molecule has 0 radical (unpaired) electrons. The van der Waals surface area contributed by atoms with Crippen LogP contribution in [0.3, 0.4) is 0 Å². The summed E-state index contributed by atoms with van der Waals surface area (Å²) in [4.78, 5) is 8.61. The normalized spacial score (nSPS) is 15.7.